The number of nitrogens with zero attached hydrogens (tertiary/aromatic N) is 4. The number of pyridine rings is 2. The topological polar surface area (TPSA) is 78.7 Å². The van der Waals surface area contributed by atoms with Crippen molar-refractivity contribution in [2.75, 3.05) is 44.9 Å². The fraction of sp³-hybridized carbons (Fsp3) is 0.367. The summed E-state index contributed by atoms with van der Waals surface area (Å²) in [4.78, 5) is 24.8. The maximum absolute atomic E-state index is 13.6. The Morgan fingerprint density at radius 1 is 1.08 bits per heavy atom. The van der Waals surface area contributed by atoms with Crippen LogP contribution in [-0.2, 0) is 16.2 Å². The average molecular weight is 545 g/mol. The van der Waals surface area contributed by atoms with Crippen LogP contribution in [0.3, 0.4) is 0 Å². The lowest BCUT2D eigenvalue weighted by Gasteiger charge is -2.30. The van der Waals surface area contributed by atoms with E-state index in [0.29, 0.717) is 37.7 Å². The van der Waals surface area contributed by atoms with Crippen molar-refractivity contribution in [2.45, 2.75) is 32.4 Å². The summed E-state index contributed by atoms with van der Waals surface area (Å²) in [6.07, 6.45) is 6.97. The van der Waals surface area contributed by atoms with Gasteiger partial charge in [0.15, 0.2) is 5.78 Å². The second-order valence-electron chi connectivity index (χ2n) is 11.0. The van der Waals surface area contributed by atoms with E-state index in [4.69, 9.17) is 19.2 Å². The number of carbonyl (C=O) groups excluding carboxylic acids is 1. The van der Waals surface area contributed by atoms with Crippen LogP contribution in [0.4, 0.5) is 5.69 Å². The summed E-state index contributed by atoms with van der Waals surface area (Å²) < 4.78 is 19.2. The second-order valence-corrected chi connectivity index (χ2v) is 16.6. The SMILES string of the molecule is COc1cc(-c2cnc3c(c2)c(C(=O)c2cccnc2)cn3COCC[Si](C)(C)C)ccc1N1CCOCC1. The third-order valence-corrected chi connectivity index (χ3v) is 8.68. The highest BCUT2D eigenvalue weighted by molar-refractivity contribution is 6.76. The van der Waals surface area contributed by atoms with Crippen LogP contribution in [0.15, 0.2) is 61.2 Å². The molecule has 1 aliphatic heterocycles. The van der Waals surface area contributed by atoms with Crippen LogP contribution in [0, 0.1) is 0 Å². The van der Waals surface area contributed by atoms with Gasteiger partial charge in [-0.25, -0.2) is 4.98 Å². The van der Waals surface area contributed by atoms with Crippen molar-refractivity contribution in [3.05, 3.63) is 72.3 Å². The molecule has 0 unspecified atom stereocenters. The van der Waals surface area contributed by atoms with Crippen molar-refractivity contribution in [3.63, 3.8) is 0 Å². The van der Waals surface area contributed by atoms with Gasteiger partial charge in [-0.05, 0) is 41.9 Å². The van der Waals surface area contributed by atoms with Crippen molar-refractivity contribution < 1.29 is 19.0 Å². The Kier molecular flexibility index (Phi) is 8.11. The van der Waals surface area contributed by atoms with Gasteiger partial charge < -0.3 is 23.7 Å². The number of rotatable bonds is 10. The van der Waals surface area contributed by atoms with Crippen molar-refractivity contribution >= 4 is 30.6 Å². The maximum Gasteiger partial charge on any atom is 0.196 e. The molecule has 39 heavy (non-hydrogen) atoms. The predicted octanol–water partition coefficient (Wildman–Crippen LogP) is 5.49. The predicted molar refractivity (Wildman–Crippen MR) is 157 cm³/mol. The number of carbonyl (C=O) groups is 1. The summed E-state index contributed by atoms with van der Waals surface area (Å²) in [5, 5.41) is 0.784. The van der Waals surface area contributed by atoms with Crippen molar-refractivity contribution in [3.8, 4) is 16.9 Å². The molecular formula is C30H36N4O4Si. The molecule has 0 amide bonds. The molecule has 0 saturated carbocycles. The first kappa shape index (κ1) is 27.0. The summed E-state index contributed by atoms with van der Waals surface area (Å²) in [6, 6.07) is 12.9. The minimum absolute atomic E-state index is 0.0897. The molecule has 204 valence electrons. The Labute approximate surface area is 230 Å². The van der Waals surface area contributed by atoms with Gasteiger partial charge >= 0.3 is 0 Å². The van der Waals surface area contributed by atoms with E-state index in [2.05, 4.69) is 41.7 Å². The van der Waals surface area contributed by atoms with Gasteiger partial charge in [-0.2, -0.15) is 0 Å². The van der Waals surface area contributed by atoms with E-state index >= 15 is 0 Å². The number of hydrogen-bond acceptors (Lipinski definition) is 7. The van der Waals surface area contributed by atoms with Gasteiger partial charge in [-0.1, -0.05) is 25.7 Å². The molecule has 1 fully saturated rings. The zero-order chi connectivity index (χ0) is 27.4. The van der Waals surface area contributed by atoms with E-state index in [0.717, 1.165) is 52.7 Å². The molecule has 1 saturated heterocycles. The largest absolute Gasteiger partial charge is 0.495 e. The molecule has 0 aliphatic carbocycles. The normalized spacial score (nSPS) is 14.1. The van der Waals surface area contributed by atoms with Gasteiger partial charge in [0.25, 0.3) is 0 Å². The van der Waals surface area contributed by atoms with Crippen LogP contribution in [-0.4, -0.2) is 68.4 Å². The maximum atomic E-state index is 13.6. The van der Waals surface area contributed by atoms with Crippen molar-refractivity contribution in [1.29, 1.82) is 0 Å². The Morgan fingerprint density at radius 2 is 1.90 bits per heavy atom. The van der Waals surface area contributed by atoms with Crippen LogP contribution < -0.4 is 9.64 Å². The number of morpholine rings is 1. The fourth-order valence-corrected chi connectivity index (χ4v) is 5.48. The Balaban J connectivity index is 1.50. The lowest BCUT2D eigenvalue weighted by atomic mass is 10.0. The Bertz CT molecular complexity index is 1440. The second kappa shape index (κ2) is 11.7. The smallest absolute Gasteiger partial charge is 0.196 e. The summed E-state index contributed by atoms with van der Waals surface area (Å²) in [5.74, 6) is 0.711. The number of ether oxygens (including phenoxy) is 3. The van der Waals surface area contributed by atoms with Crippen LogP contribution in [0.2, 0.25) is 25.7 Å². The van der Waals surface area contributed by atoms with Gasteiger partial charge in [0.2, 0.25) is 0 Å². The molecule has 5 rings (SSSR count). The summed E-state index contributed by atoms with van der Waals surface area (Å²) in [6.45, 7) is 11.1. The first-order valence-corrected chi connectivity index (χ1v) is 17.1. The highest BCUT2D eigenvalue weighted by atomic mass is 28.3. The Morgan fingerprint density at radius 3 is 2.62 bits per heavy atom. The third-order valence-electron chi connectivity index (χ3n) is 6.97. The standard InChI is InChI=1S/C30H36N4O4Si/c1-36-28-17-22(7-8-27(28)33-10-12-37-13-11-33)24-16-25-26(29(35)23-6-5-9-31-18-23)20-34(30(25)32-19-24)21-38-14-15-39(2,3)4/h5-9,16-20H,10-15,21H2,1-4H3. The quantitative estimate of drug-likeness (QED) is 0.148. The molecule has 4 aromatic rings. The lowest BCUT2D eigenvalue weighted by molar-refractivity contribution is 0.0896. The molecule has 9 heteroatoms. The van der Waals surface area contributed by atoms with Crippen molar-refractivity contribution in [1.82, 2.24) is 14.5 Å². The highest BCUT2D eigenvalue weighted by Crippen LogP contribution is 2.35. The van der Waals surface area contributed by atoms with Crippen LogP contribution in [0.1, 0.15) is 15.9 Å². The molecule has 3 aromatic heterocycles. The molecule has 0 N–H and O–H groups in total. The molecule has 4 heterocycles. The lowest BCUT2D eigenvalue weighted by Crippen LogP contribution is -2.36. The molecule has 0 bridgehead atoms. The zero-order valence-electron chi connectivity index (χ0n) is 23.1. The minimum Gasteiger partial charge on any atom is -0.495 e. The fourth-order valence-electron chi connectivity index (χ4n) is 4.72. The van der Waals surface area contributed by atoms with Gasteiger partial charge in [0.05, 0.1) is 26.0 Å². The number of hydrogen-bond donors (Lipinski definition) is 0. The number of anilines is 1. The summed E-state index contributed by atoms with van der Waals surface area (Å²) >= 11 is 0. The molecule has 1 aliphatic rings. The van der Waals surface area contributed by atoms with E-state index in [1.807, 2.05) is 29.1 Å². The molecule has 0 spiro atoms. The van der Waals surface area contributed by atoms with E-state index in [-0.39, 0.29) is 5.78 Å². The average Bonchev–Trinajstić information content (AvgIpc) is 3.32. The van der Waals surface area contributed by atoms with Gasteiger partial charge in [-0.3, -0.25) is 9.78 Å². The molecular weight excluding hydrogens is 508 g/mol. The first-order valence-electron chi connectivity index (χ1n) is 13.4. The number of methoxy groups -OCH3 is 1. The van der Waals surface area contributed by atoms with E-state index in [1.165, 1.54) is 0 Å². The highest BCUT2D eigenvalue weighted by Gasteiger charge is 2.21. The first-order chi connectivity index (χ1) is 18.8. The van der Waals surface area contributed by atoms with E-state index in [9.17, 15) is 4.79 Å². The van der Waals surface area contributed by atoms with Gasteiger partial charge in [-0.15, -0.1) is 0 Å². The van der Waals surface area contributed by atoms with E-state index in [1.54, 1.807) is 31.6 Å². The number of ketones is 1. The van der Waals surface area contributed by atoms with E-state index < -0.39 is 8.07 Å². The molecule has 0 radical (unpaired) electrons. The molecule has 0 atom stereocenters. The summed E-state index contributed by atoms with van der Waals surface area (Å²) in [5.41, 5.74) is 4.77. The van der Waals surface area contributed by atoms with Crippen LogP contribution in [0.5, 0.6) is 5.75 Å². The minimum atomic E-state index is -1.20. The summed E-state index contributed by atoms with van der Waals surface area (Å²) in [7, 11) is 0.487. The molecule has 1 aromatic carbocycles. The zero-order valence-corrected chi connectivity index (χ0v) is 24.1. The van der Waals surface area contributed by atoms with Crippen molar-refractivity contribution in [2.24, 2.45) is 0 Å². The molecule has 8 nitrogen and oxygen atoms in total. The number of benzene rings is 1. The van der Waals surface area contributed by atoms with Crippen LogP contribution in [0.25, 0.3) is 22.2 Å². The van der Waals surface area contributed by atoms with Crippen LogP contribution >= 0.6 is 0 Å². The van der Waals surface area contributed by atoms with Gasteiger partial charge in [0.1, 0.15) is 18.1 Å². The third kappa shape index (κ3) is 6.21. The Hall–Kier alpha value is -3.53. The van der Waals surface area contributed by atoms with Gasteiger partial charge in [0, 0.05) is 74.6 Å². The number of fused-ring (bicyclic) bond motifs is 1. The number of aromatic nitrogens is 3. The monoisotopic (exact) mass is 544 g/mol.